The van der Waals surface area contributed by atoms with Gasteiger partial charge in [-0.15, -0.1) is 0 Å². The SMILES string of the molecule is CC(=O)c1c(O)c(C)c(O)c2c1OC1=Cc3c(c(C)nn3-c3c(F)c(F)c(C(F)(F)F)c(F)c3F)C(=O)[C@@]12C. The number of aromatic nitrogens is 2. The zero-order chi connectivity index (χ0) is 29.1. The van der Waals surface area contributed by atoms with Crippen molar-refractivity contribution in [3.05, 3.63) is 68.2 Å². The quantitative estimate of drug-likeness (QED) is 0.243. The van der Waals surface area contributed by atoms with Crippen LogP contribution in [0.2, 0.25) is 0 Å². The zero-order valence-electron chi connectivity index (χ0n) is 20.2. The first-order chi connectivity index (χ1) is 18.0. The highest BCUT2D eigenvalue weighted by Gasteiger charge is 2.56. The molecule has 1 aliphatic heterocycles. The van der Waals surface area contributed by atoms with Crippen LogP contribution in [0, 0.1) is 37.1 Å². The van der Waals surface area contributed by atoms with E-state index in [9.17, 15) is 50.5 Å². The van der Waals surface area contributed by atoms with E-state index < -0.39 is 74.9 Å². The molecule has 1 atom stereocenters. The van der Waals surface area contributed by atoms with E-state index in [1.165, 1.54) is 20.8 Å². The largest absolute Gasteiger partial charge is 0.507 e. The van der Waals surface area contributed by atoms with E-state index in [1.807, 2.05) is 0 Å². The monoisotopic (exact) mass is 556 g/mol. The Morgan fingerprint density at radius 3 is 2.10 bits per heavy atom. The smallest absolute Gasteiger partial charge is 0.422 e. The van der Waals surface area contributed by atoms with Gasteiger partial charge in [0.1, 0.15) is 45.2 Å². The first-order valence-corrected chi connectivity index (χ1v) is 11.0. The third kappa shape index (κ3) is 3.14. The number of carbonyl (C=O) groups excluding carboxylic acids is 2. The molecule has 0 bridgehead atoms. The maximum atomic E-state index is 14.9. The van der Waals surface area contributed by atoms with Gasteiger partial charge in [0.25, 0.3) is 0 Å². The van der Waals surface area contributed by atoms with Gasteiger partial charge in [0, 0.05) is 11.6 Å². The number of ketones is 2. The van der Waals surface area contributed by atoms with Crippen molar-refractivity contribution in [1.82, 2.24) is 9.78 Å². The topological polar surface area (TPSA) is 102 Å². The summed E-state index contributed by atoms with van der Waals surface area (Å²) < 4.78 is 104. The average molecular weight is 556 g/mol. The maximum absolute atomic E-state index is 14.9. The van der Waals surface area contributed by atoms with Crippen LogP contribution in [0.15, 0.2) is 5.76 Å². The molecule has 14 heteroatoms. The number of phenolic OH excluding ortho intramolecular Hbond substituents is 2. The molecule has 0 fully saturated rings. The predicted molar refractivity (Wildman–Crippen MR) is 118 cm³/mol. The van der Waals surface area contributed by atoms with Gasteiger partial charge in [-0.1, -0.05) is 0 Å². The standard InChI is InChI=1S/C25H15F7N2O5/c1-6-20(36)12(8(3)35)22-14(21(6)37)24(4)10(39-22)5-9-11(23(24)38)7(2)33-34(9)19-17(28)15(26)13(25(30,31)32)16(27)18(19)29/h5,36-37H,1-4H3/t24-/m0/s1. The summed E-state index contributed by atoms with van der Waals surface area (Å²) in [5.74, 6) is -13.7. The van der Waals surface area contributed by atoms with Gasteiger partial charge in [0.05, 0.1) is 22.5 Å². The summed E-state index contributed by atoms with van der Waals surface area (Å²) in [6.07, 6.45) is -4.78. The Morgan fingerprint density at radius 1 is 1.03 bits per heavy atom. The number of ether oxygens (including phenoxy) is 1. The number of Topliss-reactive ketones (excluding diaryl/α,β-unsaturated/α-hetero) is 2. The minimum Gasteiger partial charge on any atom is -0.507 e. The van der Waals surface area contributed by atoms with E-state index in [4.69, 9.17) is 4.74 Å². The fraction of sp³-hybridized carbons (Fsp3) is 0.240. The number of allylic oxidation sites excluding steroid dienone is 1. The summed E-state index contributed by atoms with van der Waals surface area (Å²) in [6, 6.07) is 0. The Balaban J connectivity index is 1.82. The lowest BCUT2D eigenvalue weighted by Gasteiger charge is -2.27. The van der Waals surface area contributed by atoms with Crippen molar-refractivity contribution in [2.45, 2.75) is 39.3 Å². The van der Waals surface area contributed by atoms with E-state index in [2.05, 4.69) is 5.10 Å². The second kappa shape index (κ2) is 7.83. The van der Waals surface area contributed by atoms with Gasteiger partial charge < -0.3 is 14.9 Å². The highest BCUT2D eigenvalue weighted by atomic mass is 19.4. The maximum Gasteiger partial charge on any atom is 0.422 e. The van der Waals surface area contributed by atoms with E-state index >= 15 is 0 Å². The van der Waals surface area contributed by atoms with Crippen LogP contribution in [0.5, 0.6) is 17.2 Å². The van der Waals surface area contributed by atoms with Gasteiger partial charge in [0.15, 0.2) is 34.8 Å². The van der Waals surface area contributed by atoms with Crippen molar-refractivity contribution < 1.29 is 55.3 Å². The Bertz CT molecular complexity index is 1690. The fourth-order valence-electron chi connectivity index (χ4n) is 5.01. The van der Waals surface area contributed by atoms with Crippen molar-refractivity contribution in [2.75, 3.05) is 0 Å². The summed E-state index contributed by atoms with van der Waals surface area (Å²) in [7, 11) is 0. The third-order valence-electron chi connectivity index (χ3n) is 6.98. The minimum atomic E-state index is -5.77. The van der Waals surface area contributed by atoms with Crippen molar-refractivity contribution in [1.29, 1.82) is 0 Å². The van der Waals surface area contributed by atoms with Gasteiger partial charge >= 0.3 is 6.18 Å². The first-order valence-electron chi connectivity index (χ1n) is 11.0. The van der Waals surface area contributed by atoms with Crippen LogP contribution in [0.25, 0.3) is 11.8 Å². The molecule has 0 saturated heterocycles. The number of fused-ring (bicyclic) bond motifs is 4. The molecule has 2 aliphatic rings. The van der Waals surface area contributed by atoms with Crippen LogP contribution in [-0.4, -0.2) is 31.6 Å². The van der Waals surface area contributed by atoms with Gasteiger partial charge in [0.2, 0.25) is 0 Å². The molecule has 39 heavy (non-hydrogen) atoms. The number of hydrogen-bond donors (Lipinski definition) is 2. The molecule has 0 saturated carbocycles. The number of carbonyl (C=O) groups is 2. The molecule has 2 aromatic carbocycles. The second-order valence-corrected chi connectivity index (χ2v) is 9.26. The molecule has 204 valence electrons. The zero-order valence-corrected chi connectivity index (χ0v) is 20.2. The van der Waals surface area contributed by atoms with Crippen LogP contribution in [-0.2, 0) is 11.6 Å². The third-order valence-corrected chi connectivity index (χ3v) is 6.98. The van der Waals surface area contributed by atoms with Crippen LogP contribution in [0.3, 0.4) is 0 Å². The number of nitrogens with zero attached hydrogens (tertiary/aromatic N) is 2. The highest BCUT2D eigenvalue weighted by molar-refractivity contribution is 6.14. The van der Waals surface area contributed by atoms with Crippen LogP contribution in [0.1, 0.15) is 62.6 Å². The predicted octanol–water partition coefficient (Wildman–Crippen LogP) is 5.57. The molecule has 0 amide bonds. The van der Waals surface area contributed by atoms with Gasteiger partial charge in [-0.05, 0) is 27.7 Å². The number of aryl methyl sites for hydroxylation is 1. The first kappa shape index (κ1) is 26.3. The fourth-order valence-corrected chi connectivity index (χ4v) is 5.01. The number of aromatic hydroxyl groups is 2. The van der Waals surface area contributed by atoms with Crippen molar-refractivity contribution >= 4 is 17.6 Å². The van der Waals surface area contributed by atoms with Crippen molar-refractivity contribution in [3.8, 4) is 22.9 Å². The van der Waals surface area contributed by atoms with Crippen LogP contribution in [0.4, 0.5) is 30.7 Å². The van der Waals surface area contributed by atoms with Gasteiger partial charge in [-0.3, -0.25) is 9.59 Å². The molecule has 0 spiro atoms. The van der Waals surface area contributed by atoms with Crippen LogP contribution >= 0.6 is 0 Å². The molecular weight excluding hydrogens is 541 g/mol. The Morgan fingerprint density at radius 2 is 1.59 bits per heavy atom. The summed E-state index contributed by atoms with van der Waals surface area (Å²) in [5.41, 5.74) is -8.09. The summed E-state index contributed by atoms with van der Waals surface area (Å²) in [4.78, 5) is 26.2. The normalized spacial score (nSPS) is 17.9. The number of hydrogen-bond acceptors (Lipinski definition) is 6. The lowest BCUT2D eigenvalue weighted by atomic mass is 9.71. The number of benzene rings is 2. The molecule has 0 radical (unpaired) electrons. The number of phenols is 2. The van der Waals surface area contributed by atoms with E-state index in [0.717, 1.165) is 13.0 Å². The Hall–Kier alpha value is -4.36. The molecule has 0 unspecified atom stereocenters. The molecule has 1 aliphatic carbocycles. The Kier molecular flexibility index (Phi) is 5.27. The highest BCUT2D eigenvalue weighted by Crippen LogP contribution is 2.58. The lowest BCUT2D eigenvalue weighted by Crippen LogP contribution is -2.36. The molecule has 1 aromatic heterocycles. The molecular formula is C25H15F7N2O5. The van der Waals surface area contributed by atoms with Crippen LogP contribution < -0.4 is 4.74 Å². The Labute approximate surface area is 213 Å². The summed E-state index contributed by atoms with van der Waals surface area (Å²) in [5, 5.41) is 25.0. The second-order valence-electron chi connectivity index (χ2n) is 9.26. The van der Waals surface area contributed by atoms with E-state index in [0.29, 0.717) is 0 Å². The van der Waals surface area contributed by atoms with E-state index in [1.54, 1.807) is 0 Å². The number of alkyl halides is 3. The van der Waals surface area contributed by atoms with Crippen molar-refractivity contribution in [2.24, 2.45) is 0 Å². The van der Waals surface area contributed by atoms with Crippen molar-refractivity contribution in [3.63, 3.8) is 0 Å². The number of halogens is 7. The summed E-state index contributed by atoms with van der Waals surface area (Å²) in [6.45, 7) is 4.86. The molecule has 7 nitrogen and oxygen atoms in total. The van der Waals surface area contributed by atoms with E-state index in [-0.39, 0.29) is 44.1 Å². The molecule has 5 rings (SSSR count). The lowest BCUT2D eigenvalue weighted by molar-refractivity contribution is -0.143. The average Bonchev–Trinajstić information content (AvgIpc) is 3.30. The molecule has 3 aromatic rings. The minimum absolute atomic E-state index is 0.143. The molecule has 2 heterocycles. The molecule has 2 N–H and O–H groups in total. The van der Waals surface area contributed by atoms with Gasteiger partial charge in [-0.2, -0.15) is 18.3 Å². The number of rotatable bonds is 2. The van der Waals surface area contributed by atoms with Gasteiger partial charge in [-0.25, -0.2) is 22.2 Å². The summed E-state index contributed by atoms with van der Waals surface area (Å²) >= 11 is 0.